The number of nitrogens with zero attached hydrogens (tertiary/aromatic N) is 3. The van der Waals surface area contributed by atoms with E-state index in [9.17, 15) is 60.7 Å². The summed E-state index contributed by atoms with van der Waals surface area (Å²) in [5, 5.41) is 22.2. The van der Waals surface area contributed by atoms with Gasteiger partial charge in [-0.15, -0.1) is 36.4 Å². The van der Waals surface area contributed by atoms with Gasteiger partial charge in [-0.05, 0) is 49.1 Å². The van der Waals surface area contributed by atoms with Crippen molar-refractivity contribution in [3.63, 3.8) is 0 Å². The van der Waals surface area contributed by atoms with Gasteiger partial charge in [-0.25, -0.2) is 26.9 Å². The number of hydrogen-bond donors (Lipinski definition) is 1. The topological polar surface area (TPSA) is 147 Å². The van der Waals surface area contributed by atoms with Crippen molar-refractivity contribution in [3.8, 4) is 11.5 Å². The highest BCUT2D eigenvalue weighted by molar-refractivity contribution is 6.58. The number of benzene rings is 3. The number of imide groups is 2. The Labute approximate surface area is 305 Å². The van der Waals surface area contributed by atoms with E-state index >= 15 is 8.78 Å². The first-order valence-electron chi connectivity index (χ1n) is 15.3. The largest absolute Gasteiger partial charge is 0.573 e. The van der Waals surface area contributed by atoms with Crippen LogP contribution < -0.4 is 14.5 Å². The number of non-ortho nitro benzene ring substituents is 1. The summed E-state index contributed by atoms with van der Waals surface area (Å²) >= 11 is 13.9. The Balaban J connectivity index is 1.43. The van der Waals surface area contributed by atoms with E-state index in [0.29, 0.717) is 23.1 Å². The number of carbonyl (C=O) groups excluding carboxylic acids is 4. The van der Waals surface area contributed by atoms with Crippen LogP contribution in [0.4, 0.5) is 52.2 Å². The highest BCUT2D eigenvalue weighted by Crippen LogP contribution is 2.67. The Morgan fingerprint density at radius 3 is 2.00 bits per heavy atom. The first-order chi connectivity index (χ1) is 25.2. The molecule has 2 aliphatic carbocycles. The fourth-order valence-corrected chi connectivity index (χ4v) is 8.78. The van der Waals surface area contributed by atoms with E-state index < -0.39 is 137 Å². The van der Waals surface area contributed by atoms with Crippen LogP contribution in [-0.4, -0.2) is 49.8 Å². The van der Waals surface area contributed by atoms with Gasteiger partial charge in [0.2, 0.25) is 17.6 Å². The van der Waals surface area contributed by atoms with Crippen LogP contribution in [0.25, 0.3) is 0 Å². The number of amides is 4. The molecule has 21 heteroatoms. The first-order valence-corrected chi connectivity index (χ1v) is 16.1. The molecule has 282 valence electrons. The summed E-state index contributed by atoms with van der Waals surface area (Å²) in [5.74, 6) is -27.0. The van der Waals surface area contributed by atoms with Gasteiger partial charge in [-0.3, -0.25) is 34.2 Å². The zero-order valence-electron chi connectivity index (χ0n) is 26.3. The van der Waals surface area contributed by atoms with Crippen molar-refractivity contribution in [2.24, 2.45) is 17.8 Å². The number of anilines is 2. The number of nitro benzene ring substituents is 1. The fourth-order valence-electron chi connectivity index (χ4n) is 7.85. The Morgan fingerprint density at radius 1 is 0.833 bits per heavy atom. The average molecular weight is 806 g/mol. The van der Waals surface area contributed by atoms with Crippen molar-refractivity contribution in [1.29, 1.82) is 0 Å². The Hall–Kier alpha value is -5.30. The molecule has 6 unspecified atom stereocenters. The number of ether oxygens (including phenoxy) is 1. The van der Waals surface area contributed by atoms with Crippen molar-refractivity contribution in [3.05, 3.63) is 98.9 Å². The molecule has 0 spiro atoms. The Kier molecular flexibility index (Phi) is 8.30. The standard InChI is InChI=1S/C33H17Cl2F8N3O8/c34-31-10-17-14(6-7-15-19(17)28(49)44(27(15)48)11-1-3-12(4-2-11)46(52)53)20(16-9-13(5-8-18(16)47)54-33(41,42)43)32(31,35)30(51)45(29(31)50)26-24(39)22(37)21(36)23(38)25(26)40/h1-6,8-9,15,17,19-20,47H,7,10H2. The van der Waals surface area contributed by atoms with E-state index in [0.717, 1.165) is 24.3 Å². The van der Waals surface area contributed by atoms with Gasteiger partial charge in [0.25, 0.3) is 17.5 Å². The van der Waals surface area contributed by atoms with Gasteiger partial charge < -0.3 is 9.84 Å². The molecule has 6 atom stereocenters. The van der Waals surface area contributed by atoms with Crippen LogP contribution in [-0.2, 0) is 19.2 Å². The molecule has 0 bridgehead atoms. The van der Waals surface area contributed by atoms with Crippen molar-refractivity contribution >= 4 is 63.9 Å². The first kappa shape index (κ1) is 37.0. The minimum Gasteiger partial charge on any atom is -0.508 e. The van der Waals surface area contributed by atoms with E-state index in [1.807, 2.05) is 0 Å². The quantitative estimate of drug-likeness (QED) is 0.0440. The van der Waals surface area contributed by atoms with Crippen molar-refractivity contribution < 1.29 is 69.1 Å². The number of aromatic hydroxyl groups is 1. The second-order valence-electron chi connectivity index (χ2n) is 12.7. The SMILES string of the molecule is O=C1C2CC=C3C(CC4(Cl)C(=O)N(c5c(F)c(F)c(F)c(F)c5F)C(=O)C4(Cl)C3c3cc(OC(F)(F)F)ccc3O)C2C(=O)N1c1ccc([N+](=O)[O-])cc1. The third-order valence-electron chi connectivity index (χ3n) is 10.1. The van der Waals surface area contributed by atoms with Gasteiger partial charge >= 0.3 is 6.36 Å². The average Bonchev–Trinajstić information content (AvgIpc) is 3.45. The number of fused-ring (bicyclic) bond motifs is 4. The molecule has 0 aromatic heterocycles. The molecule has 2 heterocycles. The minimum absolute atomic E-state index is 0.120. The third-order valence-corrected chi connectivity index (χ3v) is 11.5. The van der Waals surface area contributed by atoms with Gasteiger partial charge in [0, 0.05) is 23.6 Å². The molecule has 0 radical (unpaired) electrons. The summed E-state index contributed by atoms with van der Waals surface area (Å²) in [4.78, 5) is 60.9. The number of alkyl halides is 5. The summed E-state index contributed by atoms with van der Waals surface area (Å²) in [6.45, 7) is 0. The van der Waals surface area contributed by atoms with Crippen LogP contribution in [0.2, 0.25) is 0 Å². The van der Waals surface area contributed by atoms with Gasteiger partial charge in [0.1, 0.15) is 17.2 Å². The number of halogens is 10. The molecule has 2 saturated heterocycles. The van der Waals surface area contributed by atoms with Crippen molar-refractivity contribution in [2.45, 2.75) is 34.9 Å². The zero-order valence-corrected chi connectivity index (χ0v) is 27.8. The zero-order chi connectivity index (χ0) is 39.6. The van der Waals surface area contributed by atoms with Gasteiger partial charge in [0.15, 0.2) is 33.0 Å². The summed E-state index contributed by atoms with van der Waals surface area (Å²) in [6.07, 6.45) is -5.36. The maximum atomic E-state index is 15.2. The molecule has 4 amide bonds. The smallest absolute Gasteiger partial charge is 0.508 e. The lowest BCUT2D eigenvalue weighted by atomic mass is 9.56. The molecule has 11 nitrogen and oxygen atoms in total. The van der Waals surface area contributed by atoms with Crippen molar-refractivity contribution in [2.75, 3.05) is 9.80 Å². The molecule has 3 aromatic carbocycles. The highest BCUT2D eigenvalue weighted by atomic mass is 35.5. The molecular weight excluding hydrogens is 789 g/mol. The summed E-state index contributed by atoms with van der Waals surface area (Å²) in [6, 6.07) is 6.08. The van der Waals surface area contributed by atoms with Gasteiger partial charge in [-0.1, -0.05) is 11.6 Å². The summed E-state index contributed by atoms with van der Waals surface area (Å²) in [5.41, 5.74) is -3.48. The molecule has 1 saturated carbocycles. The minimum atomic E-state index is -5.32. The molecule has 4 aliphatic rings. The number of phenolic OH excluding ortho intramolecular Hbond substituents is 1. The van der Waals surface area contributed by atoms with E-state index in [2.05, 4.69) is 4.74 Å². The van der Waals surface area contributed by atoms with Crippen LogP contribution >= 0.6 is 23.2 Å². The maximum absolute atomic E-state index is 15.2. The van der Waals surface area contributed by atoms with Crippen LogP contribution in [0.1, 0.15) is 24.3 Å². The third kappa shape index (κ3) is 5.00. The maximum Gasteiger partial charge on any atom is 0.573 e. The van der Waals surface area contributed by atoms with Crippen LogP contribution in [0.3, 0.4) is 0 Å². The number of carbonyl (C=O) groups is 4. The molecule has 54 heavy (non-hydrogen) atoms. The Bertz CT molecular complexity index is 2250. The van der Waals surface area contributed by atoms with Gasteiger partial charge in [0.05, 0.1) is 22.4 Å². The van der Waals surface area contributed by atoms with Crippen LogP contribution in [0.15, 0.2) is 54.1 Å². The predicted octanol–water partition coefficient (Wildman–Crippen LogP) is 6.66. The fraction of sp³-hybridized carbons (Fsp3) is 0.273. The second-order valence-corrected chi connectivity index (χ2v) is 14.0. The number of allylic oxidation sites excluding steroid dienone is 2. The number of hydrogen-bond acceptors (Lipinski definition) is 8. The van der Waals surface area contributed by atoms with Crippen LogP contribution in [0.5, 0.6) is 11.5 Å². The lowest BCUT2D eigenvalue weighted by Crippen LogP contribution is -2.60. The van der Waals surface area contributed by atoms with Gasteiger partial charge in [-0.2, -0.15) is 0 Å². The monoisotopic (exact) mass is 805 g/mol. The predicted molar refractivity (Wildman–Crippen MR) is 167 cm³/mol. The van der Waals surface area contributed by atoms with Crippen molar-refractivity contribution in [1.82, 2.24) is 0 Å². The molecule has 1 N–H and O–H groups in total. The second kappa shape index (κ2) is 12.1. The van der Waals surface area contributed by atoms with E-state index in [1.165, 1.54) is 6.08 Å². The molecular formula is C33H17Cl2F8N3O8. The number of rotatable bonds is 5. The molecule has 3 aromatic rings. The molecule has 7 rings (SSSR count). The number of nitro groups is 1. The molecule has 2 aliphatic heterocycles. The summed E-state index contributed by atoms with van der Waals surface area (Å²) < 4.78 is 117. The molecule has 3 fully saturated rings. The summed E-state index contributed by atoms with van der Waals surface area (Å²) in [7, 11) is 0. The highest BCUT2D eigenvalue weighted by Gasteiger charge is 2.77. The lowest BCUT2D eigenvalue weighted by Gasteiger charge is -2.50. The van der Waals surface area contributed by atoms with E-state index in [-0.39, 0.29) is 17.7 Å². The number of phenols is 1. The van der Waals surface area contributed by atoms with Crippen LogP contribution in [0, 0.1) is 57.0 Å². The lowest BCUT2D eigenvalue weighted by molar-refractivity contribution is -0.384. The Morgan fingerprint density at radius 2 is 1.43 bits per heavy atom. The van der Waals surface area contributed by atoms with E-state index in [4.69, 9.17) is 23.2 Å². The van der Waals surface area contributed by atoms with E-state index in [1.54, 1.807) is 0 Å². The normalized spacial score (nSPS) is 27.9.